The van der Waals surface area contributed by atoms with Gasteiger partial charge in [0.1, 0.15) is 11.9 Å². The smallest absolute Gasteiger partial charge is 0.415 e. The van der Waals surface area contributed by atoms with Crippen LogP contribution in [-0.4, -0.2) is 29.5 Å². The Morgan fingerprint density at radius 3 is 2.85 bits per heavy atom. The quantitative estimate of drug-likeness (QED) is 0.777. The van der Waals surface area contributed by atoms with Gasteiger partial charge in [-0.1, -0.05) is 0 Å². The van der Waals surface area contributed by atoms with E-state index in [1.165, 1.54) is 0 Å². The van der Waals surface area contributed by atoms with Gasteiger partial charge in [0.2, 0.25) is 0 Å². The zero-order valence-electron chi connectivity index (χ0n) is 11.5. The van der Waals surface area contributed by atoms with Gasteiger partial charge in [0.05, 0.1) is 17.9 Å². The first kappa shape index (κ1) is 13.1. The summed E-state index contributed by atoms with van der Waals surface area (Å²) in [5, 5.41) is 0. The first-order chi connectivity index (χ1) is 9.63. The molecule has 0 unspecified atom stereocenters. The zero-order valence-corrected chi connectivity index (χ0v) is 11.5. The number of hydrogen-bond donors (Lipinski definition) is 0. The summed E-state index contributed by atoms with van der Waals surface area (Å²) in [7, 11) is 0. The Hall–Kier alpha value is -1.91. The first-order valence-electron chi connectivity index (χ1n) is 7.01. The van der Waals surface area contributed by atoms with E-state index in [0.29, 0.717) is 6.54 Å². The molecule has 0 bridgehead atoms. The molecule has 3 rings (SSSR count). The van der Waals surface area contributed by atoms with Crippen LogP contribution < -0.4 is 4.90 Å². The molecule has 1 aromatic rings. The van der Waals surface area contributed by atoms with Crippen molar-refractivity contribution < 1.29 is 14.3 Å². The molecule has 1 saturated carbocycles. The Bertz CT molecular complexity index is 536. The highest BCUT2D eigenvalue weighted by Gasteiger charge is 2.47. The number of rotatable bonds is 2. The first-order valence-corrected chi connectivity index (χ1v) is 7.01. The van der Waals surface area contributed by atoms with Crippen molar-refractivity contribution in [1.82, 2.24) is 4.98 Å². The monoisotopic (exact) mass is 274 g/mol. The molecule has 106 valence electrons. The SMILES string of the molecule is Cc1ncccc1N1CC2(CCC(C=O)CC2)OC1=O. The third-order valence-corrected chi connectivity index (χ3v) is 4.37. The molecule has 0 radical (unpaired) electrons. The number of anilines is 1. The molecule has 1 amide bonds. The van der Waals surface area contributed by atoms with Crippen LogP contribution in [0.2, 0.25) is 0 Å². The van der Waals surface area contributed by atoms with Gasteiger partial charge in [-0.05, 0) is 44.7 Å². The topological polar surface area (TPSA) is 59.5 Å². The molecule has 1 saturated heterocycles. The van der Waals surface area contributed by atoms with E-state index < -0.39 is 5.60 Å². The predicted molar refractivity (Wildman–Crippen MR) is 73.6 cm³/mol. The third kappa shape index (κ3) is 2.17. The Morgan fingerprint density at radius 2 is 2.20 bits per heavy atom. The molecule has 1 aliphatic carbocycles. The number of amides is 1. The highest BCUT2D eigenvalue weighted by Crippen LogP contribution is 2.40. The normalized spacial score (nSPS) is 29.6. The molecule has 0 N–H and O–H groups in total. The summed E-state index contributed by atoms with van der Waals surface area (Å²) in [6.07, 6.45) is 5.56. The van der Waals surface area contributed by atoms with Gasteiger partial charge in [0.15, 0.2) is 0 Å². The molecule has 0 aromatic carbocycles. The molecule has 20 heavy (non-hydrogen) atoms. The number of aldehydes is 1. The lowest BCUT2D eigenvalue weighted by Crippen LogP contribution is -2.39. The van der Waals surface area contributed by atoms with E-state index >= 15 is 0 Å². The van der Waals surface area contributed by atoms with Gasteiger partial charge < -0.3 is 9.53 Å². The van der Waals surface area contributed by atoms with Gasteiger partial charge in [-0.15, -0.1) is 0 Å². The molecular weight excluding hydrogens is 256 g/mol. The van der Waals surface area contributed by atoms with Crippen molar-refractivity contribution in [2.24, 2.45) is 5.92 Å². The van der Waals surface area contributed by atoms with Gasteiger partial charge in [-0.25, -0.2) is 4.79 Å². The highest BCUT2D eigenvalue weighted by molar-refractivity contribution is 5.90. The van der Waals surface area contributed by atoms with Crippen molar-refractivity contribution in [2.75, 3.05) is 11.4 Å². The van der Waals surface area contributed by atoms with Crippen LogP contribution >= 0.6 is 0 Å². The Kier molecular flexibility index (Phi) is 3.20. The fourth-order valence-corrected chi connectivity index (χ4v) is 3.13. The van der Waals surface area contributed by atoms with Crippen LogP contribution in [0, 0.1) is 12.8 Å². The van der Waals surface area contributed by atoms with E-state index in [2.05, 4.69) is 4.98 Å². The van der Waals surface area contributed by atoms with Gasteiger partial charge in [0.25, 0.3) is 0 Å². The maximum Gasteiger partial charge on any atom is 0.415 e. The van der Waals surface area contributed by atoms with Crippen LogP contribution in [0.3, 0.4) is 0 Å². The maximum atomic E-state index is 12.2. The molecule has 0 atom stereocenters. The molecule has 5 heteroatoms. The van der Waals surface area contributed by atoms with Crippen molar-refractivity contribution in [3.05, 3.63) is 24.0 Å². The van der Waals surface area contributed by atoms with Crippen molar-refractivity contribution in [2.45, 2.75) is 38.2 Å². The summed E-state index contributed by atoms with van der Waals surface area (Å²) in [4.78, 5) is 28.9. The van der Waals surface area contributed by atoms with Gasteiger partial charge in [-0.3, -0.25) is 9.88 Å². The number of nitrogens with zero attached hydrogens (tertiary/aromatic N) is 2. The van der Waals surface area contributed by atoms with Crippen LogP contribution in [0.1, 0.15) is 31.4 Å². The number of aryl methyl sites for hydroxylation is 1. The predicted octanol–water partition coefficient (Wildman–Crippen LogP) is 2.47. The lowest BCUT2D eigenvalue weighted by molar-refractivity contribution is -0.113. The number of hydrogen-bond acceptors (Lipinski definition) is 4. The summed E-state index contributed by atoms with van der Waals surface area (Å²) in [5.74, 6) is 0.119. The minimum absolute atomic E-state index is 0.119. The molecule has 1 aromatic heterocycles. The summed E-state index contributed by atoms with van der Waals surface area (Å²) in [6, 6.07) is 3.71. The van der Waals surface area contributed by atoms with E-state index in [-0.39, 0.29) is 12.0 Å². The minimum Gasteiger partial charge on any atom is -0.441 e. The zero-order chi connectivity index (χ0) is 14.2. The third-order valence-electron chi connectivity index (χ3n) is 4.37. The average Bonchev–Trinajstić information content (AvgIpc) is 2.77. The number of ether oxygens (including phenoxy) is 1. The average molecular weight is 274 g/mol. The molecule has 2 fully saturated rings. The number of carbonyl (C=O) groups is 2. The number of carbonyl (C=O) groups excluding carboxylic acids is 2. The Morgan fingerprint density at radius 1 is 1.45 bits per heavy atom. The van der Waals surface area contributed by atoms with Gasteiger partial charge in [-0.2, -0.15) is 0 Å². The van der Waals surface area contributed by atoms with E-state index in [1.807, 2.05) is 19.1 Å². The van der Waals surface area contributed by atoms with Crippen LogP contribution in [0.25, 0.3) is 0 Å². The van der Waals surface area contributed by atoms with E-state index in [0.717, 1.165) is 43.4 Å². The standard InChI is InChI=1S/C15H18N2O3/c1-11-13(3-2-8-16-11)17-10-15(20-14(17)19)6-4-12(9-18)5-7-15/h2-3,8-9,12H,4-7,10H2,1H3. The van der Waals surface area contributed by atoms with E-state index in [9.17, 15) is 9.59 Å². The van der Waals surface area contributed by atoms with E-state index in [4.69, 9.17) is 4.74 Å². The fourth-order valence-electron chi connectivity index (χ4n) is 3.13. The molecule has 2 heterocycles. The van der Waals surface area contributed by atoms with Crippen LogP contribution in [0.4, 0.5) is 10.5 Å². The van der Waals surface area contributed by atoms with Crippen LogP contribution in [-0.2, 0) is 9.53 Å². The second-order valence-electron chi connectivity index (χ2n) is 5.72. The van der Waals surface area contributed by atoms with Crippen molar-refractivity contribution in [3.63, 3.8) is 0 Å². The Balaban J connectivity index is 1.79. The second-order valence-corrected chi connectivity index (χ2v) is 5.72. The second kappa shape index (κ2) is 4.89. The summed E-state index contributed by atoms with van der Waals surface area (Å²) >= 11 is 0. The van der Waals surface area contributed by atoms with Crippen molar-refractivity contribution in [3.8, 4) is 0 Å². The lowest BCUT2D eigenvalue weighted by atomic mass is 9.79. The van der Waals surface area contributed by atoms with Crippen molar-refractivity contribution >= 4 is 18.1 Å². The van der Waals surface area contributed by atoms with Crippen LogP contribution in [0.5, 0.6) is 0 Å². The molecule has 2 aliphatic rings. The highest BCUT2D eigenvalue weighted by atomic mass is 16.6. The fraction of sp³-hybridized carbons (Fsp3) is 0.533. The summed E-state index contributed by atoms with van der Waals surface area (Å²) in [6.45, 7) is 2.45. The lowest BCUT2D eigenvalue weighted by Gasteiger charge is -2.33. The molecule has 5 nitrogen and oxygen atoms in total. The van der Waals surface area contributed by atoms with Crippen LogP contribution in [0.15, 0.2) is 18.3 Å². The van der Waals surface area contributed by atoms with Gasteiger partial charge >= 0.3 is 6.09 Å². The number of pyridine rings is 1. The molecule has 1 spiro atoms. The maximum absolute atomic E-state index is 12.2. The largest absolute Gasteiger partial charge is 0.441 e. The van der Waals surface area contributed by atoms with Crippen molar-refractivity contribution in [1.29, 1.82) is 0 Å². The van der Waals surface area contributed by atoms with Gasteiger partial charge in [0, 0.05) is 12.1 Å². The molecular formula is C15H18N2O3. The summed E-state index contributed by atoms with van der Waals surface area (Å²) in [5.41, 5.74) is 1.22. The minimum atomic E-state index is -0.418. The Labute approximate surface area is 117 Å². The van der Waals surface area contributed by atoms with E-state index in [1.54, 1.807) is 11.1 Å². The number of aromatic nitrogens is 1. The summed E-state index contributed by atoms with van der Waals surface area (Å²) < 4.78 is 5.65. The molecule has 1 aliphatic heterocycles.